The lowest BCUT2D eigenvalue weighted by molar-refractivity contribution is 0.0518. The smallest absolute Gasteiger partial charge is 0.142 e. The van der Waals surface area contributed by atoms with Gasteiger partial charge in [0.15, 0.2) is 0 Å². The molecule has 2 saturated heterocycles. The van der Waals surface area contributed by atoms with Gasteiger partial charge in [0.1, 0.15) is 5.75 Å². The van der Waals surface area contributed by atoms with E-state index >= 15 is 0 Å². The van der Waals surface area contributed by atoms with Crippen LogP contribution in [0.4, 0.5) is 5.69 Å². The molecule has 4 rings (SSSR count). The summed E-state index contributed by atoms with van der Waals surface area (Å²) in [5.74, 6) is 1.59. The van der Waals surface area contributed by atoms with Crippen LogP contribution in [-0.4, -0.2) is 58.1 Å². The molecular weight excluding hydrogens is 385 g/mol. The maximum Gasteiger partial charge on any atom is 0.142 e. The predicted molar refractivity (Wildman–Crippen MR) is 113 cm³/mol. The second kappa shape index (κ2) is 9.66. The van der Waals surface area contributed by atoms with Crippen molar-refractivity contribution in [2.45, 2.75) is 43.8 Å². The first kappa shape index (κ1) is 21.0. The number of halogens is 2. The minimum atomic E-state index is 0. The third-order valence-electron chi connectivity index (χ3n) is 6.16. The van der Waals surface area contributed by atoms with Gasteiger partial charge in [-0.2, -0.15) is 0 Å². The lowest BCUT2D eigenvalue weighted by Gasteiger charge is -2.34. The first-order valence-electron chi connectivity index (χ1n) is 9.90. The van der Waals surface area contributed by atoms with Crippen LogP contribution in [-0.2, 0) is 4.74 Å². The lowest BCUT2D eigenvalue weighted by atomic mass is 9.93. The van der Waals surface area contributed by atoms with Gasteiger partial charge in [0, 0.05) is 42.8 Å². The van der Waals surface area contributed by atoms with Gasteiger partial charge in [-0.25, -0.2) is 0 Å². The largest absolute Gasteiger partial charge is 0.495 e. The number of nitrogens with one attached hydrogen (secondary N) is 2. The number of ether oxygens (including phenoxy) is 2. The number of hydrogen-bond acceptors (Lipinski definition) is 5. The third-order valence-corrected chi connectivity index (χ3v) is 6.39. The van der Waals surface area contributed by atoms with E-state index in [2.05, 4.69) is 15.5 Å². The second-order valence-corrected chi connectivity index (χ2v) is 8.19. The van der Waals surface area contributed by atoms with E-state index in [1.807, 2.05) is 18.2 Å². The Morgan fingerprint density at radius 2 is 2.19 bits per heavy atom. The fraction of sp³-hybridized carbons (Fsp3) is 0.700. The Labute approximate surface area is 173 Å². The molecule has 1 aromatic rings. The average molecular weight is 416 g/mol. The van der Waals surface area contributed by atoms with Gasteiger partial charge in [0.2, 0.25) is 0 Å². The Morgan fingerprint density at radius 3 is 2.96 bits per heavy atom. The molecule has 4 atom stereocenters. The zero-order chi connectivity index (χ0) is 17.9. The van der Waals surface area contributed by atoms with Crippen molar-refractivity contribution in [3.63, 3.8) is 0 Å². The molecule has 0 aromatic heterocycles. The minimum absolute atomic E-state index is 0. The van der Waals surface area contributed by atoms with Gasteiger partial charge in [0.25, 0.3) is 0 Å². The van der Waals surface area contributed by atoms with Crippen LogP contribution in [0.15, 0.2) is 18.2 Å². The van der Waals surface area contributed by atoms with Gasteiger partial charge >= 0.3 is 0 Å². The van der Waals surface area contributed by atoms with Crippen molar-refractivity contribution in [1.82, 2.24) is 10.6 Å². The van der Waals surface area contributed by atoms with E-state index in [9.17, 15) is 0 Å². The van der Waals surface area contributed by atoms with Crippen molar-refractivity contribution >= 4 is 29.7 Å². The molecule has 7 heteroatoms. The fourth-order valence-electron chi connectivity index (χ4n) is 4.87. The molecule has 1 aliphatic carbocycles. The normalized spacial score (nSPS) is 31.0. The molecule has 2 aliphatic heterocycles. The number of anilines is 1. The SMILES string of the molecule is COc1ccc(Cl)cc1N1CCC(NC2CCCC2C2COCCN2)C1.Cl. The quantitative estimate of drug-likeness (QED) is 0.773. The Hall–Kier alpha value is -0.720. The van der Waals surface area contributed by atoms with E-state index < -0.39 is 0 Å². The predicted octanol–water partition coefficient (Wildman–Crippen LogP) is 3.10. The zero-order valence-electron chi connectivity index (χ0n) is 16.0. The van der Waals surface area contributed by atoms with Crippen LogP contribution in [0.1, 0.15) is 25.7 Å². The molecule has 3 aliphatic rings. The second-order valence-electron chi connectivity index (χ2n) is 7.75. The number of hydrogen-bond donors (Lipinski definition) is 2. The Kier molecular flexibility index (Phi) is 7.51. The summed E-state index contributed by atoms with van der Waals surface area (Å²) >= 11 is 6.21. The van der Waals surface area contributed by atoms with E-state index in [1.54, 1.807) is 7.11 Å². The first-order valence-corrected chi connectivity index (χ1v) is 10.3. The summed E-state index contributed by atoms with van der Waals surface area (Å²) in [6, 6.07) is 7.49. The highest BCUT2D eigenvalue weighted by atomic mass is 35.5. The Balaban J connectivity index is 0.00000210. The van der Waals surface area contributed by atoms with Crippen molar-refractivity contribution in [2.24, 2.45) is 5.92 Å². The van der Waals surface area contributed by atoms with E-state index in [-0.39, 0.29) is 12.4 Å². The van der Waals surface area contributed by atoms with Crippen molar-refractivity contribution in [2.75, 3.05) is 44.9 Å². The number of benzene rings is 1. The highest BCUT2D eigenvalue weighted by Crippen LogP contribution is 2.35. The molecule has 3 fully saturated rings. The molecule has 0 radical (unpaired) electrons. The molecule has 27 heavy (non-hydrogen) atoms. The highest BCUT2D eigenvalue weighted by molar-refractivity contribution is 6.30. The topological polar surface area (TPSA) is 45.8 Å². The Bertz CT molecular complexity index is 613. The number of methoxy groups -OCH3 is 1. The van der Waals surface area contributed by atoms with Crippen molar-refractivity contribution in [3.8, 4) is 5.75 Å². The van der Waals surface area contributed by atoms with E-state index in [4.69, 9.17) is 21.1 Å². The Morgan fingerprint density at radius 1 is 1.30 bits per heavy atom. The summed E-state index contributed by atoms with van der Waals surface area (Å²) < 4.78 is 11.2. The number of rotatable bonds is 5. The number of nitrogens with zero attached hydrogens (tertiary/aromatic N) is 1. The van der Waals surface area contributed by atoms with E-state index in [1.165, 1.54) is 19.3 Å². The summed E-state index contributed by atoms with van der Waals surface area (Å²) in [6.07, 6.45) is 5.06. The van der Waals surface area contributed by atoms with Gasteiger partial charge in [-0.15, -0.1) is 12.4 Å². The van der Waals surface area contributed by atoms with Crippen LogP contribution in [0.25, 0.3) is 0 Å². The first-order chi connectivity index (χ1) is 12.7. The highest BCUT2D eigenvalue weighted by Gasteiger charge is 2.37. The molecule has 0 bridgehead atoms. The van der Waals surface area contributed by atoms with Gasteiger partial charge < -0.3 is 25.0 Å². The summed E-state index contributed by atoms with van der Waals surface area (Å²) in [4.78, 5) is 2.40. The van der Waals surface area contributed by atoms with Crippen molar-refractivity contribution < 1.29 is 9.47 Å². The summed E-state index contributed by atoms with van der Waals surface area (Å²) in [7, 11) is 1.72. The van der Waals surface area contributed by atoms with E-state index in [0.717, 1.165) is 55.7 Å². The molecule has 1 aromatic carbocycles. The van der Waals surface area contributed by atoms with Gasteiger partial charge in [0.05, 0.1) is 26.0 Å². The average Bonchev–Trinajstić information content (AvgIpc) is 3.32. The maximum atomic E-state index is 6.21. The van der Waals surface area contributed by atoms with Crippen molar-refractivity contribution in [1.29, 1.82) is 0 Å². The molecule has 2 N–H and O–H groups in total. The van der Waals surface area contributed by atoms with Crippen LogP contribution >= 0.6 is 24.0 Å². The van der Waals surface area contributed by atoms with Crippen LogP contribution in [0.5, 0.6) is 5.75 Å². The molecule has 0 amide bonds. The lowest BCUT2D eigenvalue weighted by Crippen LogP contribution is -2.52. The minimum Gasteiger partial charge on any atom is -0.495 e. The van der Waals surface area contributed by atoms with Crippen LogP contribution in [0, 0.1) is 5.92 Å². The zero-order valence-corrected chi connectivity index (χ0v) is 17.5. The summed E-state index contributed by atoms with van der Waals surface area (Å²) in [6.45, 7) is 4.74. The molecule has 152 valence electrons. The van der Waals surface area contributed by atoms with Crippen LogP contribution < -0.4 is 20.3 Å². The molecule has 2 heterocycles. The number of morpholine rings is 1. The molecule has 4 unspecified atom stereocenters. The van der Waals surface area contributed by atoms with Gasteiger partial charge in [-0.05, 0) is 43.4 Å². The summed E-state index contributed by atoms with van der Waals surface area (Å²) in [5, 5.41) is 8.39. The standard InChI is InChI=1S/C20H30ClN3O2.ClH/c1-25-20-6-5-14(21)11-19(20)24-9-7-15(12-24)23-17-4-2-3-16(17)18-13-26-10-8-22-18;/h5-6,11,15-18,22-23H,2-4,7-10,12-13H2,1H3;1H. The van der Waals surface area contributed by atoms with E-state index in [0.29, 0.717) is 24.0 Å². The molecular formula is C20H31Cl2N3O2. The van der Waals surface area contributed by atoms with Crippen LogP contribution in [0.2, 0.25) is 5.02 Å². The van der Waals surface area contributed by atoms with Gasteiger partial charge in [-0.1, -0.05) is 18.0 Å². The van der Waals surface area contributed by atoms with Crippen LogP contribution in [0.3, 0.4) is 0 Å². The van der Waals surface area contributed by atoms with Gasteiger partial charge in [-0.3, -0.25) is 0 Å². The monoisotopic (exact) mass is 415 g/mol. The third kappa shape index (κ3) is 4.83. The maximum absolute atomic E-state index is 6.21. The fourth-order valence-corrected chi connectivity index (χ4v) is 5.03. The molecule has 5 nitrogen and oxygen atoms in total. The van der Waals surface area contributed by atoms with Crippen molar-refractivity contribution in [3.05, 3.63) is 23.2 Å². The molecule has 0 spiro atoms. The molecule has 1 saturated carbocycles. The summed E-state index contributed by atoms with van der Waals surface area (Å²) in [5.41, 5.74) is 1.11.